The van der Waals surface area contributed by atoms with Gasteiger partial charge in [0.15, 0.2) is 6.10 Å². The quantitative estimate of drug-likeness (QED) is 0.592. The molecule has 1 aliphatic rings. The number of ether oxygens (including phenoxy) is 2. The van der Waals surface area contributed by atoms with Crippen LogP contribution in [0, 0.1) is 0 Å². The Labute approximate surface area is 193 Å². The van der Waals surface area contributed by atoms with Crippen molar-refractivity contribution in [3.63, 3.8) is 0 Å². The van der Waals surface area contributed by atoms with Crippen LogP contribution in [0.5, 0.6) is 11.5 Å². The van der Waals surface area contributed by atoms with Gasteiger partial charge in [-0.15, -0.1) is 0 Å². The minimum Gasteiger partial charge on any atom is -0.496 e. The van der Waals surface area contributed by atoms with Crippen molar-refractivity contribution in [2.45, 2.75) is 32.7 Å². The molecule has 0 aliphatic carbocycles. The Balaban J connectivity index is 1.48. The highest BCUT2D eigenvalue weighted by Crippen LogP contribution is 2.30. The highest BCUT2D eigenvalue weighted by molar-refractivity contribution is 5.89. The molecular formula is C26H27N3O4. The number of carbonyl (C=O) groups excluding carboxylic acids is 2. The Hall–Kier alpha value is -4.00. The predicted octanol–water partition coefficient (Wildman–Crippen LogP) is 4.33. The van der Waals surface area contributed by atoms with Crippen molar-refractivity contribution in [1.29, 1.82) is 0 Å². The number of fused-ring (bicyclic) bond motifs is 1. The lowest BCUT2D eigenvalue weighted by atomic mass is 10.1. The molecule has 7 heteroatoms. The Morgan fingerprint density at radius 2 is 1.85 bits per heavy atom. The van der Waals surface area contributed by atoms with Gasteiger partial charge in [-0.2, -0.15) is 0 Å². The number of para-hydroxylation sites is 1. The summed E-state index contributed by atoms with van der Waals surface area (Å²) in [6, 6.07) is 22.4. The van der Waals surface area contributed by atoms with E-state index in [0.29, 0.717) is 31.1 Å². The number of hydrogen-bond donors (Lipinski definition) is 2. The van der Waals surface area contributed by atoms with Crippen molar-refractivity contribution in [3.8, 4) is 11.5 Å². The maximum absolute atomic E-state index is 13.0. The third-order valence-corrected chi connectivity index (χ3v) is 5.49. The molecule has 0 fully saturated rings. The average Bonchev–Trinajstić information content (AvgIpc) is 2.95. The molecule has 1 unspecified atom stereocenters. The van der Waals surface area contributed by atoms with Crippen LogP contribution in [0.25, 0.3) is 0 Å². The number of benzene rings is 3. The number of rotatable bonds is 6. The van der Waals surface area contributed by atoms with E-state index in [9.17, 15) is 9.59 Å². The van der Waals surface area contributed by atoms with Crippen LogP contribution in [-0.2, 0) is 24.4 Å². The molecule has 0 bridgehead atoms. The van der Waals surface area contributed by atoms with Crippen molar-refractivity contribution in [2.24, 2.45) is 0 Å². The first-order valence-corrected chi connectivity index (χ1v) is 10.8. The van der Waals surface area contributed by atoms with Gasteiger partial charge >= 0.3 is 6.03 Å². The van der Waals surface area contributed by atoms with E-state index >= 15 is 0 Å². The van der Waals surface area contributed by atoms with Gasteiger partial charge in [0.25, 0.3) is 5.91 Å². The molecule has 1 aliphatic heterocycles. The molecule has 0 saturated heterocycles. The van der Waals surface area contributed by atoms with Crippen molar-refractivity contribution < 1.29 is 19.1 Å². The normalized spacial score (nSPS) is 15.2. The highest BCUT2D eigenvalue weighted by Gasteiger charge is 2.28. The Bertz CT molecular complexity index is 1130. The molecule has 4 rings (SSSR count). The lowest BCUT2D eigenvalue weighted by Gasteiger charge is -2.23. The second-order valence-corrected chi connectivity index (χ2v) is 7.88. The molecule has 0 spiro atoms. The summed E-state index contributed by atoms with van der Waals surface area (Å²) in [7, 11) is 1.62. The molecule has 3 amide bonds. The first-order valence-electron chi connectivity index (χ1n) is 10.8. The number of methoxy groups -OCH3 is 1. The molecule has 170 valence electrons. The van der Waals surface area contributed by atoms with Gasteiger partial charge in [0.1, 0.15) is 11.5 Å². The van der Waals surface area contributed by atoms with Crippen LogP contribution in [0.4, 0.5) is 10.5 Å². The first-order chi connectivity index (χ1) is 16.0. The summed E-state index contributed by atoms with van der Waals surface area (Å²) >= 11 is 0. The topological polar surface area (TPSA) is 79.9 Å². The lowest BCUT2D eigenvalue weighted by molar-refractivity contribution is -0.138. The second-order valence-electron chi connectivity index (χ2n) is 7.88. The van der Waals surface area contributed by atoms with Crippen molar-refractivity contribution in [1.82, 2.24) is 10.2 Å². The lowest BCUT2D eigenvalue weighted by Crippen LogP contribution is -2.37. The maximum atomic E-state index is 13.0. The molecule has 3 aromatic carbocycles. The van der Waals surface area contributed by atoms with Crippen LogP contribution in [0.1, 0.15) is 23.6 Å². The molecule has 2 N–H and O–H groups in total. The van der Waals surface area contributed by atoms with Gasteiger partial charge in [0.05, 0.1) is 7.11 Å². The van der Waals surface area contributed by atoms with Gasteiger partial charge in [-0.05, 0) is 36.8 Å². The Morgan fingerprint density at radius 3 is 2.64 bits per heavy atom. The van der Waals surface area contributed by atoms with Gasteiger partial charge in [0, 0.05) is 36.4 Å². The fourth-order valence-electron chi connectivity index (χ4n) is 3.80. The van der Waals surface area contributed by atoms with Crippen molar-refractivity contribution in [3.05, 3.63) is 89.5 Å². The van der Waals surface area contributed by atoms with Crippen molar-refractivity contribution in [2.75, 3.05) is 12.4 Å². The summed E-state index contributed by atoms with van der Waals surface area (Å²) in [4.78, 5) is 27.1. The molecule has 1 heterocycles. The summed E-state index contributed by atoms with van der Waals surface area (Å²) in [5, 5.41) is 5.71. The van der Waals surface area contributed by atoms with E-state index in [1.54, 1.807) is 31.1 Å². The van der Waals surface area contributed by atoms with Crippen LogP contribution in [0.15, 0.2) is 72.8 Å². The first kappa shape index (κ1) is 22.2. The second kappa shape index (κ2) is 10.1. The SMILES string of the molecule is COc1ccccc1CN1Cc2cc(NC(=O)NCc3ccccc3)ccc2OC(C)C1=O. The van der Waals surface area contributed by atoms with E-state index in [-0.39, 0.29) is 11.9 Å². The summed E-state index contributed by atoms with van der Waals surface area (Å²) in [6.45, 7) is 2.93. The number of amides is 3. The molecule has 3 aromatic rings. The minimum absolute atomic E-state index is 0.104. The third kappa shape index (κ3) is 5.44. The highest BCUT2D eigenvalue weighted by atomic mass is 16.5. The molecule has 0 radical (unpaired) electrons. The van der Waals surface area contributed by atoms with Crippen LogP contribution in [0.3, 0.4) is 0 Å². The number of anilines is 1. The van der Waals surface area contributed by atoms with E-state index < -0.39 is 6.10 Å². The van der Waals surface area contributed by atoms with E-state index in [4.69, 9.17) is 9.47 Å². The van der Waals surface area contributed by atoms with E-state index in [1.807, 2.05) is 60.7 Å². The van der Waals surface area contributed by atoms with Gasteiger partial charge in [-0.3, -0.25) is 4.79 Å². The fourth-order valence-corrected chi connectivity index (χ4v) is 3.80. The van der Waals surface area contributed by atoms with Crippen LogP contribution in [-0.4, -0.2) is 30.1 Å². The number of nitrogens with zero attached hydrogens (tertiary/aromatic N) is 1. The van der Waals surface area contributed by atoms with Gasteiger partial charge in [-0.1, -0.05) is 48.5 Å². The van der Waals surface area contributed by atoms with Crippen LogP contribution >= 0.6 is 0 Å². The molecular weight excluding hydrogens is 418 g/mol. The zero-order valence-corrected chi connectivity index (χ0v) is 18.7. The summed E-state index contributed by atoms with van der Waals surface area (Å²) in [5.41, 5.74) is 3.38. The standard InChI is InChI=1S/C26H27N3O4/c1-18-25(30)29(16-20-10-6-7-11-23(20)32-2)17-21-14-22(12-13-24(21)33-18)28-26(31)27-15-19-8-4-3-5-9-19/h3-14,18H,15-17H2,1-2H3,(H2,27,28,31). The summed E-state index contributed by atoms with van der Waals surface area (Å²) < 4.78 is 11.4. The summed E-state index contributed by atoms with van der Waals surface area (Å²) in [5.74, 6) is 1.26. The maximum Gasteiger partial charge on any atom is 0.319 e. The zero-order chi connectivity index (χ0) is 23.2. The summed E-state index contributed by atoms with van der Waals surface area (Å²) in [6.07, 6.45) is -0.617. The predicted molar refractivity (Wildman–Crippen MR) is 126 cm³/mol. The van der Waals surface area contributed by atoms with Gasteiger partial charge in [0.2, 0.25) is 0 Å². The number of nitrogens with one attached hydrogen (secondary N) is 2. The van der Waals surface area contributed by atoms with Gasteiger partial charge < -0.3 is 25.0 Å². The van der Waals surface area contributed by atoms with Crippen LogP contribution in [0.2, 0.25) is 0 Å². The fraction of sp³-hybridized carbons (Fsp3) is 0.231. The van der Waals surface area contributed by atoms with Crippen molar-refractivity contribution >= 4 is 17.6 Å². The largest absolute Gasteiger partial charge is 0.496 e. The monoisotopic (exact) mass is 445 g/mol. The molecule has 7 nitrogen and oxygen atoms in total. The Morgan fingerprint density at radius 1 is 1.09 bits per heavy atom. The van der Waals surface area contributed by atoms with Gasteiger partial charge in [-0.25, -0.2) is 4.79 Å². The molecule has 0 saturated carbocycles. The minimum atomic E-state index is -0.617. The molecule has 0 aromatic heterocycles. The smallest absolute Gasteiger partial charge is 0.319 e. The van der Waals surface area contributed by atoms with E-state index in [2.05, 4.69) is 10.6 Å². The number of urea groups is 1. The van der Waals surface area contributed by atoms with Crippen LogP contribution < -0.4 is 20.1 Å². The molecule has 33 heavy (non-hydrogen) atoms. The van der Waals surface area contributed by atoms with E-state index in [0.717, 1.165) is 22.4 Å². The third-order valence-electron chi connectivity index (χ3n) is 5.49. The zero-order valence-electron chi connectivity index (χ0n) is 18.7. The molecule has 1 atom stereocenters. The number of carbonyl (C=O) groups is 2. The number of hydrogen-bond acceptors (Lipinski definition) is 4. The Kier molecular flexibility index (Phi) is 6.78. The average molecular weight is 446 g/mol. The van der Waals surface area contributed by atoms with E-state index in [1.165, 1.54) is 0 Å².